The summed E-state index contributed by atoms with van der Waals surface area (Å²) in [7, 11) is 0. The minimum atomic E-state index is -0.227. The predicted octanol–water partition coefficient (Wildman–Crippen LogP) is 6.02. The Labute approximate surface area is 193 Å². The van der Waals surface area contributed by atoms with Crippen LogP contribution in [0.3, 0.4) is 0 Å². The number of hydrogen-bond acceptors (Lipinski definition) is 7. The molecule has 5 rings (SSSR count). The number of phenols is 2. The van der Waals surface area contributed by atoms with Crippen molar-refractivity contribution in [1.29, 1.82) is 0 Å². The molecule has 3 aromatic heterocycles. The van der Waals surface area contributed by atoms with Crippen molar-refractivity contribution < 1.29 is 10.2 Å². The van der Waals surface area contributed by atoms with Gasteiger partial charge < -0.3 is 14.8 Å². The van der Waals surface area contributed by atoms with Gasteiger partial charge >= 0.3 is 0 Å². The molecule has 0 atom stereocenters. The third-order valence-electron chi connectivity index (χ3n) is 4.99. The average Bonchev–Trinajstić information content (AvgIpc) is 3.19. The molecule has 2 aromatic carbocycles. The van der Waals surface area contributed by atoms with Crippen LogP contribution in [0.1, 0.15) is 5.69 Å². The predicted molar refractivity (Wildman–Crippen MR) is 125 cm³/mol. The highest BCUT2D eigenvalue weighted by Gasteiger charge is 2.15. The maximum atomic E-state index is 9.97. The molecule has 0 spiro atoms. The molecule has 0 aliphatic rings. The van der Waals surface area contributed by atoms with E-state index < -0.39 is 0 Å². The van der Waals surface area contributed by atoms with E-state index in [9.17, 15) is 10.2 Å². The molecule has 9 heteroatoms. The van der Waals surface area contributed by atoms with E-state index in [4.69, 9.17) is 16.6 Å². The van der Waals surface area contributed by atoms with Gasteiger partial charge in [-0.25, -0.2) is 4.98 Å². The molecule has 5 aromatic rings. The van der Waals surface area contributed by atoms with Crippen molar-refractivity contribution in [2.75, 3.05) is 0 Å². The van der Waals surface area contributed by atoms with Gasteiger partial charge in [-0.05, 0) is 48.5 Å². The smallest absolute Gasteiger partial charge is 0.160 e. The lowest BCUT2D eigenvalue weighted by Gasteiger charge is -2.08. The minimum Gasteiger partial charge on any atom is -0.506 e. The second-order valence-corrected chi connectivity index (χ2v) is 7.63. The second-order valence-electron chi connectivity index (χ2n) is 7.22. The zero-order valence-electron chi connectivity index (χ0n) is 17.2. The van der Waals surface area contributed by atoms with Crippen LogP contribution in [0.5, 0.6) is 11.5 Å². The van der Waals surface area contributed by atoms with Gasteiger partial charge in [0.25, 0.3) is 0 Å². The van der Waals surface area contributed by atoms with Gasteiger partial charge in [0, 0.05) is 18.5 Å². The van der Waals surface area contributed by atoms with Crippen LogP contribution in [-0.4, -0.2) is 29.7 Å². The van der Waals surface area contributed by atoms with Crippen LogP contribution in [-0.2, 0) is 6.54 Å². The number of phenolic OH excluding ortho intramolecular Hbond substituents is 2. The molecule has 0 unspecified atom stereocenters. The van der Waals surface area contributed by atoms with Gasteiger partial charge in [-0.1, -0.05) is 23.7 Å². The van der Waals surface area contributed by atoms with Gasteiger partial charge in [0.15, 0.2) is 5.82 Å². The fraction of sp³-hybridized carbons (Fsp3) is 0.0417. The number of pyridine rings is 2. The van der Waals surface area contributed by atoms with Crippen LogP contribution in [0, 0.1) is 0 Å². The standard InChI is InChI=1S/C24H17ClN6O2/c25-17-12-20(23(33)13-22(17)32)30-29-15-7-8-21-19(11-15)28-24(18-6-2-4-10-27-18)31(21)14-16-5-1-3-9-26-16/h1-13,32-33H,14H2/b30-29+. The number of halogens is 1. The summed E-state index contributed by atoms with van der Waals surface area (Å²) in [5.74, 6) is 0.266. The molecule has 33 heavy (non-hydrogen) atoms. The molecule has 0 radical (unpaired) electrons. The second kappa shape index (κ2) is 8.68. The number of nitrogens with zero attached hydrogens (tertiary/aromatic N) is 6. The van der Waals surface area contributed by atoms with E-state index in [0.29, 0.717) is 18.1 Å². The molecule has 0 aliphatic heterocycles. The number of fused-ring (bicyclic) bond motifs is 1. The van der Waals surface area contributed by atoms with Crippen molar-refractivity contribution in [2.45, 2.75) is 6.54 Å². The number of imidazole rings is 1. The van der Waals surface area contributed by atoms with Crippen molar-refractivity contribution >= 4 is 34.0 Å². The Hall–Kier alpha value is -4.30. The fourth-order valence-electron chi connectivity index (χ4n) is 3.42. The zero-order valence-corrected chi connectivity index (χ0v) is 17.9. The van der Waals surface area contributed by atoms with E-state index in [1.54, 1.807) is 18.5 Å². The first-order chi connectivity index (χ1) is 16.1. The monoisotopic (exact) mass is 456 g/mol. The highest BCUT2D eigenvalue weighted by molar-refractivity contribution is 6.32. The number of rotatable bonds is 5. The van der Waals surface area contributed by atoms with Crippen molar-refractivity contribution in [2.24, 2.45) is 10.2 Å². The topological polar surface area (TPSA) is 109 Å². The van der Waals surface area contributed by atoms with Crippen molar-refractivity contribution in [3.63, 3.8) is 0 Å². The first-order valence-electron chi connectivity index (χ1n) is 10.0. The molecule has 0 fully saturated rings. The highest BCUT2D eigenvalue weighted by atomic mass is 35.5. The number of aromatic nitrogens is 4. The molecule has 0 bridgehead atoms. The molecule has 0 aliphatic carbocycles. The molecule has 162 valence electrons. The van der Waals surface area contributed by atoms with Crippen molar-refractivity contribution in [3.8, 4) is 23.0 Å². The van der Waals surface area contributed by atoms with E-state index in [1.165, 1.54) is 6.07 Å². The van der Waals surface area contributed by atoms with E-state index in [0.717, 1.165) is 28.5 Å². The lowest BCUT2D eigenvalue weighted by atomic mass is 10.2. The fourth-order valence-corrected chi connectivity index (χ4v) is 3.57. The maximum Gasteiger partial charge on any atom is 0.160 e. The Morgan fingerprint density at radius 1 is 0.848 bits per heavy atom. The third-order valence-corrected chi connectivity index (χ3v) is 5.29. The summed E-state index contributed by atoms with van der Waals surface area (Å²) in [6.07, 6.45) is 3.49. The maximum absolute atomic E-state index is 9.97. The van der Waals surface area contributed by atoms with Gasteiger partial charge in [0.2, 0.25) is 0 Å². The van der Waals surface area contributed by atoms with Gasteiger partial charge in [-0.2, -0.15) is 5.11 Å². The Balaban J connectivity index is 1.56. The van der Waals surface area contributed by atoms with Crippen LogP contribution in [0.4, 0.5) is 11.4 Å². The number of hydrogen-bond donors (Lipinski definition) is 2. The van der Waals surface area contributed by atoms with Crippen LogP contribution in [0.25, 0.3) is 22.6 Å². The third kappa shape index (κ3) is 4.24. The normalized spacial score (nSPS) is 11.4. The lowest BCUT2D eigenvalue weighted by Crippen LogP contribution is -2.04. The van der Waals surface area contributed by atoms with Crippen LogP contribution < -0.4 is 0 Å². The van der Waals surface area contributed by atoms with Crippen molar-refractivity contribution in [3.05, 3.63) is 89.8 Å². The van der Waals surface area contributed by atoms with E-state index in [-0.39, 0.29) is 22.2 Å². The van der Waals surface area contributed by atoms with Crippen LogP contribution in [0.15, 0.2) is 89.4 Å². The van der Waals surface area contributed by atoms with Crippen LogP contribution in [0.2, 0.25) is 5.02 Å². The molecule has 2 N–H and O–H groups in total. The minimum absolute atomic E-state index is 0.0745. The quantitative estimate of drug-likeness (QED) is 0.314. The Morgan fingerprint density at radius 2 is 1.67 bits per heavy atom. The Bertz CT molecular complexity index is 1470. The molecule has 3 heterocycles. The number of benzene rings is 2. The van der Waals surface area contributed by atoms with E-state index >= 15 is 0 Å². The summed E-state index contributed by atoms with van der Waals surface area (Å²) in [5, 5.41) is 27.9. The summed E-state index contributed by atoms with van der Waals surface area (Å²) < 4.78 is 2.06. The summed E-state index contributed by atoms with van der Waals surface area (Å²) in [5.41, 5.74) is 3.95. The van der Waals surface area contributed by atoms with Gasteiger partial charge in [-0.3, -0.25) is 9.97 Å². The largest absolute Gasteiger partial charge is 0.506 e. The molecule has 8 nitrogen and oxygen atoms in total. The lowest BCUT2D eigenvalue weighted by molar-refractivity contribution is 0.451. The van der Waals surface area contributed by atoms with E-state index in [1.807, 2.05) is 48.5 Å². The number of aromatic hydroxyl groups is 2. The Kier molecular flexibility index (Phi) is 5.42. The number of azo groups is 1. The average molecular weight is 457 g/mol. The summed E-state index contributed by atoms with van der Waals surface area (Å²) in [6.45, 7) is 0.532. The molecular formula is C24H17ClN6O2. The van der Waals surface area contributed by atoms with Gasteiger partial charge in [-0.15, -0.1) is 5.11 Å². The SMILES string of the molecule is Oc1cc(O)c(/N=N/c2ccc3c(c2)nc(-c2ccccn2)n3Cc2ccccn2)cc1Cl. The molecule has 0 saturated heterocycles. The first-order valence-corrected chi connectivity index (χ1v) is 10.4. The Morgan fingerprint density at radius 3 is 2.42 bits per heavy atom. The molecule has 0 amide bonds. The zero-order chi connectivity index (χ0) is 22.8. The van der Waals surface area contributed by atoms with Gasteiger partial charge in [0.05, 0.1) is 34.0 Å². The van der Waals surface area contributed by atoms with Gasteiger partial charge in [0.1, 0.15) is 22.9 Å². The summed E-state index contributed by atoms with van der Waals surface area (Å²) in [4.78, 5) is 13.7. The van der Waals surface area contributed by atoms with Crippen LogP contribution >= 0.6 is 11.6 Å². The summed E-state index contributed by atoms with van der Waals surface area (Å²) >= 11 is 5.90. The van der Waals surface area contributed by atoms with Crippen molar-refractivity contribution in [1.82, 2.24) is 19.5 Å². The first kappa shape index (κ1) is 20.6. The molecular weight excluding hydrogens is 440 g/mol. The summed E-state index contributed by atoms with van der Waals surface area (Å²) in [6, 6.07) is 19.5. The molecule has 0 saturated carbocycles. The van der Waals surface area contributed by atoms with E-state index in [2.05, 4.69) is 24.8 Å². The highest BCUT2D eigenvalue weighted by Crippen LogP contribution is 2.37.